The normalized spacial score (nSPS) is 10.7. The Morgan fingerprint density at radius 1 is 0.685 bits per heavy atom. The number of nitrogens with one attached hydrogen (secondary N) is 1. The molecule has 111 heavy (non-hydrogen) atoms. The highest BCUT2D eigenvalue weighted by Gasteiger charge is 2.25. The number of carbonyl (C=O) groups is 1. The highest BCUT2D eigenvalue weighted by Crippen LogP contribution is 2.41. The molecule has 1 saturated carbocycles. The van der Waals surface area contributed by atoms with E-state index in [2.05, 4.69) is 193 Å². The van der Waals surface area contributed by atoms with Gasteiger partial charge in [-0.3, -0.25) is 28.4 Å². The van der Waals surface area contributed by atoms with Gasteiger partial charge in [0.25, 0.3) is 12.0 Å². The van der Waals surface area contributed by atoms with Crippen molar-refractivity contribution in [3.63, 3.8) is 0 Å². The smallest absolute Gasteiger partial charge is 0.293 e. The lowest BCUT2D eigenvalue weighted by molar-refractivity contribution is -0.128. The van der Waals surface area contributed by atoms with Crippen LogP contribution in [0.1, 0.15) is 93.2 Å². The first-order chi connectivity index (χ1) is 53.1. The molecule has 26 nitrogen and oxygen atoms in total. The molecule has 2 aliphatic rings. The third-order valence-electron chi connectivity index (χ3n) is 14.4. The predicted octanol–water partition coefficient (Wildman–Crippen LogP) is 22.1. The van der Waals surface area contributed by atoms with Crippen molar-refractivity contribution in [3.05, 3.63) is 284 Å². The zero-order valence-electron chi connectivity index (χ0n) is 57.3. The Morgan fingerprint density at radius 3 is 1.70 bits per heavy atom. The molecule has 0 spiro atoms. The maximum Gasteiger partial charge on any atom is 0.293 e. The summed E-state index contributed by atoms with van der Waals surface area (Å²) in [5.74, 6) is 1.21. The van der Waals surface area contributed by atoms with Crippen molar-refractivity contribution in [2.75, 3.05) is 13.2 Å². The number of hydrogen-bond acceptors (Lipinski definition) is 18. The lowest BCUT2D eigenvalue weighted by Crippen LogP contribution is -2.10. The standard InChI is InChI=1S/C16H11ClN4.C9H10FNO.C8H3BrClN3.C7H3Br2ClN2.C7H3BrClN5.C7H5BrClN3.C7H4BrClN2.C7H5BrN2O.C3H6O2/c1-18-14-6-12(15-8-19-9-21(15)16(14)17)11-4-5-13(20-7-11)10-2-3-10;10-8-1-2-9-6(3-4-12-9)7(8)5-11;1-11-6-2-5(9)7-3-12-4-13(7)8(6)10;8-2-6-5(9)1-4(3-11)7(10)12-6;8-5-1-4(2-10)7(9)13-6(5)3-12-14-11;8-5-1-4(2-10)7(9)12-6(5)3-11;1-4-5(8)3-6(10-2)7(9)11-4;1-4-6(8)2-5(3-9)7(11)10-4;1-2-5-3-4/h4-10H,2-3H2;1-2H,3-5,11H2;2-4H;1H,2H2;1H,3H2;1H,3,11H2;3H,1H3;2H,1H3,(H,10,11);3H,2H2,1H3. The van der Waals surface area contributed by atoms with Gasteiger partial charge in [-0.1, -0.05) is 113 Å². The molecule has 0 bridgehead atoms. The molecule has 0 amide bonds. The van der Waals surface area contributed by atoms with Crippen molar-refractivity contribution >= 4 is 216 Å². The number of imidazole rings is 2. The van der Waals surface area contributed by atoms with Gasteiger partial charge in [-0.15, -0.1) is 0 Å². The van der Waals surface area contributed by atoms with Crippen LogP contribution < -0.4 is 21.8 Å². The number of pyridine rings is 8. The van der Waals surface area contributed by atoms with E-state index >= 15 is 0 Å². The number of aryl methyl sites for hydroxylation is 2. The molecule has 40 heteroatoms. The minimum atomic E-state index is -0.340. The van der Waals surface area contributed by atoms with Crippen LogP contribution in [0.15, 0.2) is 135 Å². The number of halogens is 14. The fourth-order valence-corrected chi connectivity index (χ4v) is 13.3. The van der Waals surface area contributed by atoms with Crippen molar-refractivity contribution in [1.82, 2.24) is 48.7 Å². The molecule has 13 rings (SSSR count). The number of nitrogens with zero attached hydrogens (tertiary/aromatic N) is 19. The predicted molar refractivity (Wildman–Crippen MR) is 448 cm³/mol. The second kappa shape index (κ2) is 46.9. The quantitative estimate of drug-likeness (QED) is 0.0230. The molecule has 1 fully saturated rings. The number of alkyl halides is 1. The zero-order valence-corrected chi connectivity index (χ0v) is 73.0. The number of rotatable bonds is 9. The second-order valence-electron chi connectivity index (χ2n) is 21.4. The average molecular weight is 2070 g/mol. The van der Waals surface area contributed by atoms with Crippen molar-refractivity contribution in [3.8, 4) is 41.2 Å². The van der Waals surface area contributed by atoms with Crippen LogP contribution in [0.5, 0.6) is 5.75 Å². The first kappa shape index (κ1) is 92.9. The maximum absolute atomic E-state index is 13.1. The number of benzene rings is 1. The minimum absolute atomic E-state index is 0.0997. The summed E-state index contributed by atoms with van der Waals surface area (Å²) in [7, 11) is 0. The van der Waals surface area contributed by atoms with E-state index in [9.17, 15) is 14.0 Å². The van der Waals surface area contributed by atoms with E-state index < -0.39 is 0 Å². The molecular formula is C71H50Br7Cl6FN22O4. The van der Waals surface area contributed by atoms with Crippen LogP contribution in [-0.2, 0) is 40.9 Å². The van der Waals surface area contributed by atoms with Gasteiger partial charge in [-0.2, -0.15) is 21.0 Å². The second-order valence-corrected chi connectivity index (χ2v) is 29.3. The summed E-state index contributed by atoms with van der Waals surface area (Å²) < 4.78 is 30.4. The van der Waals surface area contributed by atoms with E-state index in [1.807, 2.05) is 31.3 Å². The molecule has 10 aromatic heterocycles. The van der Waals surface area contributed by atoms with Gasteiger partial charge in [-0.25, -0.2) is 43.8 Å². The number of azide groups is 1. The number of carbonyl (C=O) groups excluding carboxylic acids is 1. The van der Waals surface area contributed by atoms with Crippen molar-refractivity contribution in [1.29, 1.82) is 21.0 Å². The summed E-state index contributed by atoms with van der Waals surface area (Å²) in [6.07, 6.45) is 11.8. The molecule has 1 aromatic carbocycles. The lowest BCUT2D eigenvalue weighted by Gasteiger charge is -2.08. The monoisotopic (exact) mass is 2060 g/mol. The highest BCUT2D eigenvalue weighted by molar-refractivity contribution is 9.11. The summed E-state index contributed by atoms with van der Waals surface area (Å²) in [5.41, 5.74) is 30.8. The topological polar surface area (TPSA) is 376 Å². The number of aromatic nitrogens is 10. The number of H-pyrrole nitrogens is 1. The van der Waals surface area contributed by atoms with Gasteiger partial charge >= 0.3 is 0 Å². The Morgan fingerprint density at radius 2 is 1.21 bits per heavy atom. The van der Waals surface area contributed by atoms with E-state index in [0.717, 1.165) is 80.6 Å². The molecule has 11 heterocycles. The Labute approximate surface area is 722 Å². The fraction of sp³-hybridized carbons (Fsp3) is 0.183. The Kier molecular flexibility index (Phi) is 39.3. The van der Waals surface area contributed by atoms with Gasteiger partial charge in [0.05, 0.1) is 115 Å². The Balaban J connectivity index is 0.000000227. The van der Waals surface area contributed by atoms with Crippen LogP contribution in [-0.4, -0.2) is 68.4 Å². The lowest BCUT2D eigenvalue weighted by atomic mass is 10.0. The molecule has 1 aliphatic heterocycles. The SMILES string of the molecule is CCOC=O.Cc1[nH]c(=O)c(C#N)cc1Br.N#Cc1cc(Br)c(CBr)nc1Cl.N#Cc1cc(Br)c(CN)nc1Cl.N#Cc1cc(Br)c(CN=[N+]=[N-])nc1Cl.NCc1c(F)ccc2c1CCO2.[C-]#[N+]c1cc(-c2ccc(C3CC3)nc2)c2cncn2c1Cl.[C-]#[N+]c1cc(Br)c(C)nc1Cl.[C-]#[N+]c1cc(Br)c2cncn2c1Cl. The van der Waals surface area contributed by atoms with E-state index in [1.165, 1.54) is 31.0 Å². The van der Waals surface area contributed by atoms with E-state index in [4.69, 9.17) is 132 Å². The first-order valence-corrected chi connectivity index (χ1v) is 39.1. The molecule has 0 radical (unpaired) electrons. The number of ether oxygens (including phenoxy) is 2. The number of nitriles is 4. The van der Waals surface area contributed by atoms with Crippen LogP contribution in [0.4, 0.5) is 21.5 Å². The van der Waals surface area contributed by atoms with Crippen LogP contribution in [0.3, 0.4) is 0 Å². The fourth-order valence-electron chi connectivity index (χ4n) is 8.71. The molecule has 0 saturated heterocycles. The minimum Gasteiger partial charge on any atom is -0.493 e. The van der Waals surface area contributed by atoms with E-state index in [0.29, 0.717) is 102 Å². The van der Waals surface area contributed by atoms with Gasteiger partial charge in [0, 0.05) is 96.8 Å². The van der Waals surface area contributed by atoms with Crippen LogP contribution >= 0.6 is 181 Å². The Bertz CT molecular complexity index is 5580. The number of fused-ring (bicyclic) bond motifs is 3. The third-order valence-corrected chi connectivity index (χ3v) is 21.1. The largest absolute Gasteiger partial charge is 0.493 e. The average Bonchev–Trinajstić information content (AvgIpc) is 1.70. The molecule has 11 aromatic rings. The van der Waals surface area contributed by atoms with Crippen molar-refractivity contribution in [2.24, 2.45) is 16.6 Å². The first-order valence-electron chi connectivity index (χ1n) is 31.0. The van der Waals surface area contributed by atoms with E-state index in [-0.39, 0.29) is 56.2 Å². The van der Waals surface area contributed by atoms with Gasteiger partial charge in [0.1, 0.15) is 72.3 Å². The molecule has 1 aliphatic carbocycles. The third kappa shape index (κ3) is 26.7. The van der Waals surface area contributed by atoms with Crippen LogP contribution in [0.2, 0.25) is 30.9 Å². The van der Waals surface area contributed by atoms with Crippen LogP contribution in [0, 0.1) is 84.7 Å². The number of hydrogen-bond donors (Lipinski definition) is 3. The summed E-state index contributed by atoms with van der Waals surface area (Å²) >= 11 is 57.6. The van der Waals surface area contributed by atoms with E-state index in [1.54, 1.807) is 90.2 Å². The molecule has 5 N–H and O–H groups in total. The molecular weight excluding hydrogens is 2020 g/mol. The van der Waals surface area contributed by atoms with Crippen molar-refractivity contribution in [2.45, 2.75) is 70.9 Å². The number of nitrogens with two attached hydrogens (primary N) is 2. The highest BCUT2D eigenvalue weighted by atomic mass is 79.9. The Hall–Kier alpha value is -8.74. The molecule has 566 valence electrons. The van der Waals surface area contributed by atoms with Gasteiger partial charge in [0.15, 0.2) is 0 Å². The molecule has 0 unspecified atom stereocenters. The molecule has 0 atom stereocenters. The number of aromatic amines is 1. The van der Waals surface area contributed by atoms with Crippen LogP contribution in [0.25, 0.3) is 47.1 Å². The summed E-state index contributed by atoms with van der Waals surface area (Å²) in [6, 6.07) is 26.2. The van der Waals surface area contributed by atoms with Crippen molar-refractivity contribution < 1.29 is 18.7 Å². The zero-order chi connectivity index (χ0) is 82.2. The maximum atomic E-state index is 13.1. The van der Waals surface area contributed by atoms with Gasteiger partial charge in [0.2, 0.25) is 17.1 Å². The summed E-state index contributed by atoms with van der Waals surface area (Å²) in [6.45, 7) is 28.4. The van der Waals surface area contributed by atoms with Gasteiger partial charge < -0.3 is 25.9 Å². The summed E-state index contributed by atoms with van der Waals surface area (Å²) in [4.78, 5) is 63.7. The summed E-state index contributed by atoms with van der Waals surface area (Å²) in [5, 5.41) is 39.8. The van der Waals surface area contributed by atoms with Gasteiger partial charge in [-0.05, 0) is 185 Å².